The van der Waals surface area contributed by atoms with E-state index in [0.29, 0.717) is 6.04 Å². The van der Waals surface area contributed by atoms with E-state index >= 15 is 0 Å². The second-order valence-electron chi connectivity index (χ2n) is 6.13. The van der Waals surface area contributed by atoms with Gasteiger partial charge in [-0.25, -0.2) is 0 Å². The summed E-state index contributed by atoms with van der Waals surface area (Å²) in [6.07, 6.45) is 2.91. The van der Waals surface area contributed by atoms with Gasteiger partial charge in [-0.1, -0.05) is 37.3 Å². The first-order chi connectivity index (χ1) is 10.2. The maximum Gasteiger partial charge on any atom is 0.117 e. The Balaban J connectivity index is 1.80. The molecule has 1 aromatic heterocycles. The van der Waals surface area contributed by atoms with Crippen LogP contribution in [0.5, 0.6) is 0 Å². The van der Waals surface area contributed by atoms with Crippen molar-refractivity contribution in [2.75, 3.05) is 13.1 Å². The Hall–Kier alpha value is -1.58. The zero-order valence-corrected chi connectivity index (χ0v) is 12.9. The summed E-state index contributed by atoms with van der Waals surface area (Å²) in [6.45, 7) is 7.45. The minimum Gasteiger partial charge on any atom is -0.468 e. The zero-order valence-electron chi connectivity index (χ0n) is 12.9. The van der Waals surface area contributed by atoms with E-state index in [4.69, 9.17) is 4.42 Å². The minimum atomic E-state index is -0.000473. The van der Waals surface area contributed by atoms with Crippen LogP contribution in [0.25, 0.3) is 0 Å². The molecule has 1 aliphatic rings. The lowest BCUT2D eigenvalue weighted by atomic mass is 9.87. The molecule has 1 aromatic carbocycles. The van der Waals surface area contributed by atoms with Gasteiger partial charge in [0.15, 0.2) is 0 Å². The van der Waals surface area contributed by atoms with Gasteiger partial charge in [0.05, 0.1) is 18.3 Å². The lowest BCUT2D eigenvalue weighted by Gasteiger charge is -2.46. The summed E-state index contributed by atoms with van der Waals surface area (Å²) in [4.78, 5) is 2.54. The van der Waals surface area contributed by atoms with Gasteiger partial charge in [-0.2, -0.15) is 0 Å². The van der Waals surface area contributed by atoms with Gasteiger partial charge >= 0.3 is 0 Å². The summed E-state index contributed by atoms with van der Waals surface area (Å²) >= 11 is 0. The van der Waals surface area contributed by atoms with Crippen molar-refractivity contribution in [3.63, 3.8) is 0 Å². The Bertz CT molecular complexity index is 552. The van der Waals surface area contributed by atoms with Crippen molar-refractivity contribution in [2.45, 2.75) is 38.4 Å². The van der Waals surface area contributed by atoms with Gasteiger partial charge in [-0.15, -0.1) is 0 Å². The Morgan fingerprint density at radius 3 is 2.71 bits per heavy atom. The van der Waals surface area contributed by atoms with Crippen molar-refractivity contribution in [1.29, 1.82) is 0 Å². The van der Waals surface area contributed by atoms with E-state index in [9.17, 15) is 0 Å². The molecule has 112 valence electrons. The van der Waals surface area contributed by atoms with Crippen molar-refractivity contribution >= 4 is 0 Å². The number of hydrogen-bond donors (Lipinski definition) is 1. The first-order valence-corrected chi connectivity index (χ1v) is 7.78. The molecule has 2 atom stereocenters. The van der Waals surface area contributed by atoms with Crippen LogP contribution in [0.2, 0.25) is 0 Å². The van der Waals surface area contributed by atoms with Crippen LogP contribution >= 0.6 is 0 Å². The lowest BCUT2D eigenvalue weighted by Crippen LogP contribution is -2.60. The zero-order chi connectivity index (χ0) is 14.7. The fraction of sp³-hybridized carbons (Fsp3) is 0.444. The van der Waals surface area contributed by atoms with Crippen molar-refractivity contribution < 1.29 is 4.42 Å². The molecule has 0 spiro atoms. The number of nitrogens with one attached hydrogen (secondary N) is 1. The van der Waals surface area contributed by atoms with Crippen LogP contribution in [-0.4, -0.2) is 24.0 Å². The van der Waals surface area contributed by atoms with E-state index in [1.807, 2.05) is 6.07 Å². The van der Waals surface area contributed by atoms with Crippen molar-refractivity contribution in [3.05, 3.63) is 60.1 Å². The predicted molar refractivity (Wildman–Crippen MR) is 85.0 cm³/mol. The third-order valence-corrected chi connectivity index (χ3v) is 4.58. The van der Waals surface area contributed by atoms with Gasteiger partial charge in [0.2, 0.25) is 0 Å². The number of benzene rings is 1. The quantitative estimate of drug-likeness (QED) is 0.933. The first kappa shape index (κ1) is 14.4. The van der Waals surface area contributed by atoms with Crippen LogP contribution in [0.4, 0.5) is 0 Å². The van der Waals surface area contributed by atoms with Crippen molar-refractivity contribution in [2.24, 2.45) is 0 Å². The van der Waals surface area contributed by atoms with E-state index in [2.05, 4.69) is 60.5 Å². The van der Waals surface area contributed by atoms with Gasteiger partial charge in [0.1, 0.15) is 5.76 Å². The summed E-state index contributed by atoms with van der Waals surface area (Å²) in [5.74, 6) is 1.05. The highest BCUT2D eigenvalue weighted by atomic mass is 16.3. The number of rotatable bonds is 4. The van der Waals surface area contributed by atoms with Gasteiger partial charge in [-0.05, 0) is 31.0 Å². The predicted octanol–water partition coefficient (Wildman–Crippen LogP) is 3.38. The van der Waals surface area contributed by atoms with Gasteiger partial charge in [0, 0.05) is 19.1 Å². The molecule has 1 aliphatic heterocycles. The first-order valence-electron chi connectivity index (χ1n) is 7.78. The fourth-order valence-electron chi connectivity index (χ4n) is 3.25. The monoisotopic (exact) mass is 284 g/mol. The Morgan fingerprint density at radius 1 is 1.24 bits per heavy atom. The summed E-state index contributed by atoms with van der Waals surface area (Å²) in [5, 5.41) is 3.75. The van der Waals surface area contributed by atoms with Gasteiger partial charge in [0.25, 0.3) is 0 Å². The van der Waals surface area contributed by atoms with Crippen LogP contribution in [0.1, 0.15) is 31.6 Å². The molecule has 0 amide bonds. The van der Waals surface area contributed by atoms with E-state index in [0.717, 1.165) is 31.8 Å². The maximum absolute atomic E-state index is 5.54. The van der Waals surface area contributed by atoms with Crippen LogP contribution < -0.4 is 5.32 Å². The number of nitrogens with zero attached hydrogens (tertiary/aromatic N) is 1. The molecule has 3 heteroatoms. The number of piperazine rings is 1. The van der Waals surface area contributed by atoms with E-state index in [-0.39, 0.29) is 5.54 Å². The molecule has 1 fully saturated rings. The minimum absolute atomic E-state index is 0.000473. The Kier molecular flexibility index (Phi) is 4.13. The average Bonchev–Trinajstić information content (AvgIpc) is 3.01. The van der Waals surface area contributed by atoms with Crippen LogP contribution in [0, 0.1) is 0 Å². The molecule has 1 N–H and O–H groups in total. The maximum atomic E-state index is 5.54. The summed E-state index contributed by atoms with van der Waals surface area (Å²) < 4.78 is 5.54. The average molecular weight is 284 g/mol. The van der Waals surface area contributed by atoms with Gasteiger partial charge in [-0.3, -0.25) is 4.90 Å². The molecular weight excluding hydrogens is 260 g/mol. The Morgan fingerprint density at radius 2 is 2.05 bits per heavy atom. The number of furan rings is 1. The van der Waals surface area contributed by atoms with Crippen LogP contribution in [-0.2, 0) is 12.1 Å². The molecule has 2 aromatic rings. The highest BCUT2D eigenvalue weighted by Gasteiger charge is 2.36. The van der Waals surface area contributed by atoms with Crippen molar-refractivity contribution in [1.82, 2.24) is 10.2 Å². The smallest absolute Gasteiger partial charge is 0.117 e. The molecule has 1 saturated heterocycles. The third kappa shape index (κ3) is 3.04. The van der Waals surface area contributed by atoms with Gasteiger partial charge < -0.3 is 9.73 Å². The number of hydrogen-bond acceptors (Lipinski definition) is 3. The molecule has 2 unspecified atom stereocenters. The summed E-state index contributed by atoms with van der Waals surface area (Å²) in [6, 6.07) is 15.3. The van der Waals surface area contributed by atoms with E-state index < -0.39 is 0 Å². The molecule has 0 bridgehead atoms. The molecular formula is C18H24N2O. The standard InChI is InChI=1S/C18H24N2O/c1-3-16-12-19-18(2,15-8-5-4-6-9-15)14-20(16)13-17-10-7-11-21-17/h4-11,16,19H,3,12-14H2,1-2H3. The van der Waals surface area contributed by atoms with E-state index in [1.54, 1.807) is 6.26 Å². The van der Waals surface area contributed by atoms with E-state index in [1.165, 1.54) is 5.56 Å². The topological polar surface area (TPSA) is 28.4 Å². The largest absolute Gasteiger partial charge is 0.468 e. The second-order valence-corrected chi connectivity index (χ2v) is 6.13. The summed E-state index contributed by atoms with van der Waals surface area (Å²) in [7, 11) is 0. The third-order valence-electron chi connectivity index (χ3n) is 4.58. The SMILES string of the molecule is CCC1CNC(C)(c2ccccc2)CN1Cc1ccco1. The Labute approximate surface area is 127 Å². The van der Waals surface area contributed by atoms with Crippen molar-refractivity contribution in [3.8, 4) is 0 Å². The molecule has 2 heterocycles. The highest BCUT2D eigenvalue weighted by molar-refractivity contribution is 5.25. The van der Waals surface area contributed by atoms with Crippen LogP contribution in [0.3, 0.4) is 0 Å². The lowest BCUT2D eigenvalue weighted by molar-refractivity contribution is 0.0703. The summed E-state index contributed by atoms with van der Waals surface area (Å²) in [5.41, 5.74) is 1.35. The molecule has 0 aliphatic carbocycles. The van der Waals surface area contributed by atoms with Crippen LogP contribution in [0.15, 0.2) is 53.1 Å². The molecule has 3 nitrogen and oxygen atoms in total. The molecule has 3 rings (SSSR count). The molecule has 0 radical (unpaired) electrons. The second kappa shape index (κ2) is 6.04. The highest BCUT2D eigenvalue weighted by Crippen LogP contribution is 2.28. The fourth-order valence-corrected chi connectivity index (χ4v) is 3.25. The normalized spacial score (nSPS) is 26.9. The molecule has 0 saturated carbocycles. The molecule has 21 heavy (non-hydrogen) atoms.